The number of carbonyl (C=O) groups is 1. The highest BCUT2D eigenvalue weighted by atomic mass is 32.1. The van der Waals surface area contributed by atoms with Gasteiger partial charge in [-0.3, -0.25) is 14.3 Å². The lowest BCUT2D eigenvalue weighted by Gasteiger charge is -2.34. The van der Waals surface area contributed by atoms with Crippen LogP contribution in [0.2, 0.25) is 0 Å². The number of nitrogens with zero attached hydrogens (tertiary/aromatic N) is 3. The largest absolute Gasteiger partial charge is 0.336 e. The zero-order valence-corrected chi connectivity index (χ0v) is 18.4. The summed E-state index contributed by atoms with van der Waals surface area (Å²) in [5.41, 5.74) is 4.18. The van der Waals surface area contributed by atoms with Gasteiger partial charge in [0.1, 0.15) is 5.69 Å². The number of piperazine rings is 1. The SMILES string of the molecule is CC(C)c1ccc(CN2CCN(C(=O)c3c[nH]c(=S)n3-c3ccccc3)CC2)cc1. The van der Waals surface area contributed by atoms with E-state index in [4.69, 9.17) is 12.2 Å². The lowest BCUT2D eigenvalue weighted by Crippen LogP contribution is -2.48. The minimum atomic E-state index is 0.0205. The Kier molecular flexibility index (Phi) is 6.16. The highest BCUT2D eigenvalue weighted by Crippen LogP contribution is 2.18. The standard InChI is InChI=1S/C24H28N4OS/c1-18(2)20-10-8-19(9-11-20)17-26-12-14-27(15-13-26)23(29)22-16-25-24(30)28(22)21-6-4-3-5-7-21/h3-11,16,18H,12-15,17H2,1-2H3,(H,25,30). The summed E-state index contributed by atoms with van der Waals surface area (Å²) in [5, 5.41) is 0. The quantitative estimate of drug-likeness (QED) is 0.613. The van der Waals surface area contributed by atoms with Crippen LogP contribution in [0.15, 0.2) is 60.8 Å². The molecule has 30 heavy (non-hydrogen) atoms. The number of hydrogen-bond donors (Lipinski definition) is 1. The molecule has 2 aromatic carbocycles. The predicted molar refractivity (Wildman–Crippen MR) is 123 cm³/mol. The van der Waals surface area contributed by atoms with Crippen molar-refractivity contribution in [1.82, 2.24) is 19.4 Å². The van der Waals surface area contributed by atoms with Gasteiger partial charge < -0.3 is 9.88 Å². The van der Waals surface area contributed by atoms with Gasteiger partial charge in [-0.1, -0.05) is 56.3 Å². The number of nitrogens with one attached hydrogen (secondary N) is 1. The van der Waals surface area contributed by atoms with E-state index in [1.54, 1.807) is 6.20 Å². The fourth-order valence-corrected chi connectivity index (χ4v) is 4.16. The van der Waals surface area contributed by atoms with Gasteiger partial charge in [-0.15, -0.1) is 0 Å². The molecule has 0 bridgehead atoms. The molecule has 1 saturated heterocycles. The number of aromatic nitrogens is 2. The Morgan fingerprint density at radius 1 is 1.00 bits per heavy atom. The Bertz CT molecular complexity index is 1040. The molecule has 0 saturated carbocycles. The Balaban J connectivity index is 1.40. The Labute approximate surface area is 183 Å². The zero-order chi connectivity index (χ0) is 21.1. The van der Waals surface area contributed by atoms with Gasteiger partial charge in [0.15, 0.2) is 4.77 Å². The Morgan fingerprint density at radius 2 is 1.67 bits per heavy atom. The van der Waals surface area contributed by atoms with E-state index in [-0.39, 0.29) is 5.91 Å². The summed E-state index contributed by atoms with van der Waals surface area (Å²) in [6.07, 6.45) is 1.72. The van der Waals surface area contributed by atoms with Crippen LogP contribution >= 0.6 is 12.2 Å². The molecule has 1 N–H and O–H groups in total. The number of amides is 1. The van der Waals surface area contributed by atoms with Crippen molar-refractivity contribution in [2.24, 2.45) is 0 Å². The number of aromatic amines is 1. The van der Waals surface area contributed by atoms with Gasteiger partial charge in [0, 0.05) is 44.6 Å². The fraction of sp³-hybridized carbons (Fsp3) is 0.333. The minimum absolute atomic E-state index is 0.0205. The highest BCUT2D eigenvalue weighted by Gasteiger charge is 2.25. The number of hydrogen-bond acceptors (Lipinski definition) is 3. The number of H-pyrrole nitrogens is 1. The molecule has 2 heterocycles. The monoisotopic (exact) mass is 420 g/mol. The summed E-state index contributed by atoms with van der Waals surface area (Å²) >= 11 is 5.42. The van der Waals surface area contributed by atoms with E-state index in [2.05, 4.69) is 48.0 Å². The molecule has 4 rings (SSSR count). The highest BCUT2D eigenvalue weighted by molar-refractivity contribution is 7.71. The van der Waals surface area contributed by atoms with Crippen LogP contribution in [-0.4, -0.2) is 51.4 Å². The van der Waals surface area contributed by atoms with Gasteiger partial charge in [-0.05, 0) is 41.4 Å². The van der Waals surface area contributed by atoms with E-state index < -0.39 is 0 Å². The molecule has 0 atom stereocenters. The van der Waals surface area contributed by atoms with Crippen LogP contribution in [0, 0.1) is 4.77 Å². The zero-order valence-electron chi connectivity index (χ0n) is 17.5. The second kappa shape index (κ2) is 8.98. The molecule has 6 heteroatoms. The van der Waals surface area contributed by atoms with E-state index in [0.29, 0.717) is 16.4 Å². The van der Waals surface area contributed by atoms with Crippen molar-refractivity contribution in [3.8, 4) is 5.69 Å². The lowest BCUT2D eigenvalue weighted by atomic mass is 10.0. The van der Waals surface area contributed by atoms with Crippen LogP contribution in [0.1, 0.15) is 41.4 Å². The minimum Gasteiger partial charge on any atom is -0.336 e. The van der Waals surface area contributed by atoms with E-state index in [1.807, 2.05) is 39.8 Å². The molecule has 1 aliphatic heterocycles. The lowest BCUT2D eigenvalue weighted by molar-refractivity contribution is 0.0620. The summed E-state index contributed by atoms with van der Waals surface area (Å²) in [4.78, 5) is 20.6. The number of para-hydroxylation sites is 1. The van der Waals surface area contributed by atoms with Crippen LogP contribution in [0.25, 0.3) is 5.69 Å². The van der Waals surface area contributed by atoms with Crippen molar-refractivity contribution in [3.63, 3.8) is 0 Å². The number of rotatable bonds is 5. The second-order valence-electron chi connectivity index (χ2n) is 8.11. The van der Waals surface area contributed by atoms with Crippen molar-refractivity contribution in [2.45, 2.75) is 26.3 Å². The summed E-state index contributed by atoms with van der Waals surface area (Å²) in [5.74, 6) is 0.573. The van der Waals surface area contributed by atoms with E-state index in [1.165, 1.54) is 11.1 Å². The molecule has 0 radical (unpaired) electrons. The molecule has 1 fully saturated rings. The summed E-state index contributed by atoms with van der Waals surface area (Å²) < 4.78 is 2.35. The molecule has 3 aromatic rings. The van der Waals surface area contributed by atoms with Crippen molar-refractivity contribution >= 4 is 18.1 Å². The third-order valence-corrected chi connectivity index (χ3v) is 6.02. The van der Waals surface area contributed by atoms with Gasteiger partial charge in [-0.2, -0.15) is 0 Å². The first kappa shape index (κ1) is 20.6. The van der Waals surface area contributed by atoms with Crippen molar-refractivity contribution in [1.29, 1.82) is 0 Å². The summed E-state index contributed by atoms with van der Waals surface area (Å²) in [6, 6.07) is 18.7. The maximum absolute atomic E-state index is 13.2. The molecule has 0 aliphatic carbocycles. The average molecular weight is 421 g/mol. The molecule has 5 nitrogen and oxygen atoms in total. The first-order valence-electron chi connectivity index (χ1n) is 10.5. The van der Waals surface area contributed by atoms with Crippen LogP contribution < -0.4 is 0 Å². The van der Waals surface area contributed by atoms with E-state index in [0.717, 1.165) is 38.4 Å². The van der Waals surface area contributed by atoms with Crippen molar-refractivity contribution in [2.75, 3.05) is 26.2 Å². The van der Waals surface area contributed by atoms with Crippen molar-refractivity contribution < 1.29 is 4.79 Å². The molecule has 1 aromatic heterocycles. The topological polar surface area (TPSA) is 44.3 Å². The Morgan fingerprint density at radius 3 is 2.30 bits per heavy atom. The molecule has 156 valence electrons. The van der Waals surface area contributed by atoms with Crippen LogP contribution in [-0.2, 0) is 6.54 Å². The van der Waals surface area contributed by atoms with Gasteiger partial charge in [0.05, 0.1) is 0 Å². The first-order chi connectivity index (χ1) is 14.5. The van der Waals surface area contributed by atoms with Gasteiger partial charge >= 0.3 is 0 Å². The number of carbonyl (C=O) groups excluding carboxylic acids is 1. The Hall–Kier alpha value is -2.70. The van der Waals surface area contributed by atoms with Crippen molar-refractivity contribution in [3.05, 3.63) is 82.4 Å². The average Bonchev–Trinajstić information content (AvgIpc) is 3.16. The maximum Gasteiger partial charge on any atom is 0.272 e. The maximum atomic E-state index is 13.2. The predicted octanol–water partition coefficient (Wildman–Crippen LogP) is 4.62. The number of imidazole rings is 1. The molecule has 0 spiro atoms. The molecular weight excluding hydrogens is 392 g/mol. The third-order valence-electron chi connectivity index (χ3n) is 5.72. The molecule has 1 amide bonds. The molecule has 0 unspecified atom stereocenters. The van der Waals surface area contributed by atoms with Gasteiger partial charge in [0.25, 0.3) is 5.91 Å². The third kappa shape index (κ3) is 4.40. The van der Waals surface area contributed by atoms with E-state index in [9.17, 15) is 4.79 Å². The first-order valence-corrected chi connectivity index (χ1v) is 10.9. The van der Waals surface area contributed by atoms with Gasteiger partial charge in [-0.25, -0.2) is 0 Å². The summed E-state index contributed by atoms with van der Waals surface area (Å²) in [7, 11) is 0. The molecule has 1 aliphatic rings. The second-order valence-corrected chi connectivity index (χ2v) is 8.50. The van der Waals surface area contributed by atoms with Crippen LogP contribution in [0.4, 0.5) is 0 Å². The van der Waals surface area contributed by atoms with Crippen LogP contribution in [0.3, 0.4) is 0 Å². The van der Waals surface area contributed by atoms with E-state index >= 15 is 0 Å². The number of benzene rings is 2. The normalized spacial score (nSPS) is 15.0. The molecular formula is C24H28N4OS. The smallest absolute Gasteiger partial charge is 0.272 e. The van der Waals surface area contributed by atoms with Crippen LogP contribution in [0.5, 0.6) is 0 Å². The van der Waals surface area contributed by atoms with Gasteiger partial charge in [0.2, 0.25) is 0 Å². The fourth-order valence-electron chi connectivity index (χ4n) is 3.90. The summed E-state index contributed by atoms with van der Waals surface area (Å²) in [6.45, 7) is 8.52.